The van der Waals surface area contributed by atoms with Crippen LogP contribution in [0.3, 0.4) is 0 Å². The van der Waals surface area contributed by atoms with Crippen molar-refractivity contribution >= 4 is 17.5 Å². The van der Waals surface area contributed by atoms with Crippen LogP contribution in [-0.2, 0) is 9.53 Å². The van der Waals surface area contributed by atoms with E-state index in [2.05, 4.69) is 22.6 Å². The van der Waals surface area contributed by atoms with Gasteiger partial charge in [0.05, 0.1) is 25.8 Å². The van der Waals surface area contributed by atoms with Crippen LogP contribution in [0.2, 0.25) is 5.02 Å². The Morgan fingerprint density at radius 2 is 2.22 bits per heavy atom. The fourth-order valence-corrected chi connectivity index (χ4v) is 2.42. The number of amides is 1. The van der Waals surface area contributed by atoms with E-state index in [1.54, 1.807) is 24.3 Å². The first-order valence-corrected chi connectivity index (χ1v) is 8.17. The zero-order chi connectivity index (χ0) is 16.5. The third-order valence-electron chi connectivity index (χ3n) is 3.51. The predicted octanol–water partition coefficient (Wildman–Crippen LogP) is 0.755. The van der Waals surface area contributed by atoms with E-state index in [1.807, 2.05) is 0 Å². The number of benzene rings is 1. The predicted molar refractivity (Wildman–Crippen MR) is 90.1 cm³/mol. The quantitative estimate of drug-likeness (QED) is 0.683. The molecule has 0 aliphatic carbocycles. The monoisotopic (exact) mass is 341 g/mol. The molecule has 1 atom stereocenters. The third-order valence-corrected chi connectivity index (χ3v) is 3.76. The number of ether oxygens (including phenoxy) is 2. The molecular formula is C16H24ClN3O3. The summed E-state index contributed by atoms with van der Waals surface area (Å²) in [5.41, 5.74) is 0. The Bertz CT molecular complexity index is 484. The van der Waals surface area contributed by atoms with Gasteiger partial charge in [-0.05, 0) is 31.3 Å². The molecule has 1 amide bonds. The van der Waals surface area contributed by atoms with Crippen LogP contribution in [0.1, 0.15) is 0 Å². The van der Waals surface area contributed by atoms with Crippen LogP contribution in [0.15, 0.2) is 24.3 Å². The van der Waals surface area contributed by atoms with Crippen LogP contribution in [0.5, 0.6) is 5.75 Å². The Kier molecular flexibility index (Phi) is 7.61. The summed E-state index contributed by atoms with van der Waals surface area (Å²) >= 11 is 5.80. The highest BCUT2D eigenvalue weighted by Crippen LogP contribution is 2.15. The first-order chi connectivity index (χ1) is 11.1. The molecule has 7 heteroatoms. The lowest BCUT2D eigenvalue weighted by Gasteiger charge is -2.30. The number of likely N-dealkylation sites (N-methyl/N-ethyl adjacent to an activating group) is 1. The molecule has 128 valence electrons. The number of hydrogen-bond acceptors (Lipinski definition) is 5. The Morgan fingerprint density at radius 3 is 2.96 bits per heavy atom. The van der Waals surface area contributed by atoms with E-state index in [0.29, 0.717) is 24.7 Å². The van der Waals surface area contributed by atoms with Crippen molar-refractivity contribution in [2.45, 2.75) is 6.10 Å². The second kappa shape index (κ2) is 9.72. The minimum absolute atomic E-state index is 0.0473. The van der Waals surface area contributed by atoms with Crippen molar-refractivity contribution in [1.82, 2.24) is 15.5 Å². The lowest BCUT2D eigenvalue weighted by atomic mass is 10.3. The van der Waals surface area contributed by atoms with Crippen LogP contribution in [-0.4, -0.2) is 69.9 Å². The number of rotatable bonds is 8. The Labute approximate surface area is 142 Å². The molecule has 0 aromatic heterocycles. The maximum Gasteiger partial charge on any atom is 0.234 e. The highest BCUT2D eigenvalue weighted by atomic mass is 35.5. The van der Waals surface area contributed by atoms with E-state index < -0.39 is 0 Å². The first kappa shape index (κ1) is 18.0. The normalized spacial score (nSPS) is 18.6. The summed E-state index contributed by atoms with van der Waals surface area (Å²) in [6, 6.07) is 7.13. The van der Waals surface area contributed by atoms with Gasteiger partial charge in [-0.1, -0.05) is 11.6 Å². The number of carbonyl (C=O) groups excluding carboxylic acids is 1. The first-order valence-electron chi connectivity index (χ1n) is 7.79. The second-order valence-corrected chi connectivity index (χ2v) is 5.97. The summed E-state index contributed by atoms with van der Waals surface area (Å²) < 4.78 is 11.1. The highest BCUT2D eigenvalue weighted by molar-refractivity contribution is 6.30. The van der Waals surface area contributed by atoms with Crippen LogP contribution in [0.4, 0.5) is 0 Å². The standard InChI is InChI=1S/C16H24ClN3O3/c1-20-7-9-23-15(12-20)10-18-11-16(21)19-6-8-22-14-4-2-13(17)3-5-14/h2-5,15,18H,6-12H2,1H3,(H,19,21). The van der Waals surface area contributed by atoms with Gasteiger partial charge < -0.3 is 25.0 Å². The zero-order valence-electron chi connectivity index (χ0n) is 13.4. The number of carbonyl (C=O) groups is 1. The molecule has 1 aromatic rings. The van der Waals surface area contributed by atoms with E-state index in [4.69, 9.17) is 21.1 Å². The number of morpholine rings is 1. The van der Waals surface area contributed by atoms with Crippen molar-refractivity contribution in [1.29, 1.82) is 0 Å². The van der Waals surface area contributed by atoms with Crippen molar-refractivity contribution in [3.05, 3.63) is 29.3 Å². The fraction of sp³-hybridized carbons (Fsp3) is 0.562. The second-order valence-electron chi connectivity index (χ2n) is 5.54. The lowest BCUT2D eigenvalue weighted by molar-refractivity contribution is -0.120. The van der Waals surface area contributed by atoms with Crippen molar-refractivity contribution in [3.8, 4) is 5.75 Å². The van der Waals surface area contributed by atoms with Crippen molar-refractivity contribution in [2.75, 3.05) is 53.0 Å². The Hall–Kier alpha value is -1.34. The number of nitrogens with zero attached hydrogens (tertiary/aromatic N) is 1. The average molecular weight is 342 g/mol. The average Bonchev–Trinajstić information content (AvgIpc) is 2.53. The van der Waals surface area contributed by atoms with Crippen LogP contribution in [0, 0.1) is 0 Å². The summed E-state index contributed by atoms with van der Waals surface area (Å²) in [6.45, 7) is 4.45. The van der Waals surface area contributed by atoms with Gasteiger partial charge in [0.25, 0.3) is 0 Å². The summed E-state index contributed by atoms with van der Waals surface area (Å²) in [5.74, 6) is 0.689. The van der Waals surface area contributed by atoms with Crippen molar-refractivity contribution in [2.24, 2.45) is 0 Å². The number of hydrogen-bond donors (Lipinski definition) is 2. The van der Waals surface area contributed by atoms with E-state index in [-0.39, 0.29) is 18.6 Å². The van der Waals surface area contributed by atoms with E-state index >= 15 is 0 Å². The van der Waals surface area contributed by atoms with E-state index in [1.165, 1.54) is 0 Å². The molecule has 0 spiro atoms. The Morgan fingerprint density at radius 1 is 1.43 bits per heavy atom. The van der Waals surface area contributed by atoms with E-state index in [0.717, 1.165) is 25.4 Å². The molecule has 2 N–H and O–H groups in total. The van der Waals surface area contributed by atoms with Gasteiger partial charge in [-0.3, -0.25) is 4.79 Å². The maximum atomic E-state index is 11.7. The smallest absolute Gasteiger partial charge is 0.234 e. The molecule has 1 fully saturated rings. The molecule has 0 radical (unpaired) electrons. The van der Waals surface area contributed by atoms with Crippen molar-refractivity contribution in [3.63, 3.8) is 0 Å². The van der Waals surface area contributed by atoms with Gasteiger partial charge in [0, 0.05) is 24.7 Å². The van der Waals surface area contributed by atoms with Gasteiger partial charge >= 0.3 is 0 Å². The molecule has 1 aliphatic heterocycles. The molecule has 6 nitrogen and oxygen atoms in total. The number of nitrogens with one attached hydrogen (secondary N) is 2. The molecule has 1 aromatic carbocycles. The molecule has 2 rings (SSSR count). The minimum atomic E-state index is -0.0473. The van der Waals surface area contributed by atoms with Crippen LogP contribution >= 0.6 is 11.6 Å². The van der Waals surface area contributed by atoms with Crippen molar-refractivity contribution < 1.29 is 14.3 Å². The van der Waals surface area contributed by atoms with Gasteiger partial charge in [-0.25, -0.2) is 0 Å². The van der Waals surface area contributed by atoms with Gasteiger partial charge in [0.15, 0.2) is 0 Å². The minimum Gasteiger partial charge on any atom is -0.492 e. The fourth-order valence-electron chi connectivity index (χ4n) is 2.29. The Balaban J connectivity index is 1.50. The summed E-state index contributed by atoms with van der Waals surface area (Å²) in [7, 11) is 2.07. The molecule has 1 saturated heterocycles. The summed E-state index contributed by atoms with van der Waals surface area (Å²) in [5, 5.41) is 6.60. The van der Waals surface area contributed by atoms with Gasteiger partial charge in [-0.15, -0.1) is 0 Å². The highest BCUT2D eigenvalue weighted by Gasteiger charge is 2.17. The maximum absolute atomic E-state index is 11.7. The van der Waals surface area contributed by atoms with Gasteiger partial charge in [0.2, 0.25) is 5.91 Å². The molecule has 1 aliphatic rings. The number of halogens is 1. The summed E-state index contributed by atoms with van der Waals surface area (Å²) in [6.07, 6.45) is 0.148. The largest absolute Gasteiger partial charge is 0.492 e. The SMILES string of the molecule is CN1CCOC(CNCC(=O)NCCOc2ccc(Cl)cc2)C1. The molecular weight excluding hydrogens is 318 g/mol. The molecule has 0 bridgehead atoms. The molecule has 1 heterocycles. The molecule has 1 unspecified atom stereocenters. The lowest BCUT2D eigenvalue weighted by Crippen LogP contribution is -2.46. The van der Waals surface area contributed by atoms with Crippen LogP contribution in [0.25, 0.3) is 0 Å². The topological polar surface area (TPSA) is 62.8 Å². The van der Waals surface area contributed by atoms with Gasteiger partial charge in [0.1, 0.15) is 12.4 Å². The summed E-state index contributed by atoms with van der Waals surface area (Å²) in [4.78, 5) is 13.9. The third kappa shape index (κ3) is 7.18. The van der Waals surface area contributed by atoms with Gasteiger partial charge in [-0.2, -0.15) is 0 Å². The van der Waals surface area contributed by atoms with E-state index in [9.17, 15) is 4.79 Å². The molecule has 0 saturated carbocycles. The van der Waals surface area contributed by atoms with Crippen LogP contribution < -0.4 is 15.4 Å². The molecule has 23 heavy (non-hydrogen) atoms. The zero-order valence-corrected chi connectivity index (χ0v) is 14.1.